The third kappa shape index (κ3) is 3.75. The molecule has 0 radical (unpaired) electrons. The quantitative estimate of drug-likeness (QED) is 0.904. The van der Waals surface area contributed by atoms with E-state index in [0.717, 1.165) is 30.7 Å². The molecule has 1 fully saturated rings. The van der Waals surface area contributed by atoms with Gasteiger partial charge in [0.05, 0.1) is 18.3 Å². The van der Waals surface area contributed by atoms with Gasteiger partial charge in [-0.05, 0) is 43.9 Å². The van der Waals surface area contributed by atoms with Crippen molar-refractivity contribution in [2.75, 3.05) is 18.5 Å². The van der Waals surface area contributed by atoms with Crippen molar-refractivity contribution in [2.45, 2.75) is 39.2 Å². The van der Waals surface area contributed by atoms with E-state index in [-0.39, 0.29) is 12.1 Å². The summed E-state index contributed by atoms with van der Waals surface area (Å²) in [6.45, 7) is 5.40. The molecular formula is C18H25N5O2. The summed E-state index contributed by atoms with van der Waals surface area (Å²) in [5.41, 5.74) is 1.80. The lowest BCUT2D eigenvalue weighted by molar-refractivity contribution is 0.204. The first-order valence-corrected chi connectivity index (χ1v) is 8.75. The Kier molecular flexibility index (Phi) is 5.21. The number of aryl methyl sites for hydroxylation is 2. The molecule has 1 saturated heterocycles. The molecule has 1 aliphatic rings. The summed E-state index contributed by atoms with van der Waals surface area (Å²) in [6.07, 6.45) is 4.44. The van der Waals surface area contributed by atoms with Gasteiger partial charge in [-0.3, -0.25) is 0 Å². The fourth-order valence-corrected chi connectivity index (χ4v) is 3.12. The molecule has 1 unspecified atom stereocenters. The summed E-state index contributed by atoms with van der Waals surface area (Å²) in [5, 5.41) is 11.1. The second kappa shape index (κ2) is 7.55. The zero-order chi connectivity index (χ0) is 17.8. The largest absolute Gasteiger partial charge is 0.491 e. The number of rotatable bonds is 5. The van der Waals surface area contributed by atoms with Crippen molar-refractivity contribution in [3.05, 3.63) is 35.9 Å². The van der Waals surface area contributed by atoms with Crippen molar-refractivity contribution in [1.29, 1.82) is 0 Å². The Morgan fingerprint density at radius 2 is 2.28 bits per heavy atom. The van der Waals surface area contributed by atoms with Crippen LogP contribution in [0.2, 0.25) is 0 Å². The molecule has 1 atom stereocenters. The summed E-state index contributed by atoms with van der Waals surface area (Å²) >= 11 is 0. The number of anilines is 1. The molecule has 25 heavy (non-hydrogen) atoms. The van der Waals surface area contributed by atoms with Gasteiger partial charge in [0.1, 0.15) is 12.1 Å². The number of hydrogen-bond donors (Lipinski definition) is 1. The SMILES string of the molecule is CCCOc1cc(C)ccc1NC(=O)N1CCCC1c1nncn1C. The third-order valence-corrected chi connectivity index (χ3v) is 4.40. The van der Waals surface area contributed by atoms with Gasteiger partial charge >= 0.3 is 6.03 Å². The van der Waals surface area contributed by atoms with Crippen LogP contribution in [-0.2, 0) is 7.05 Å². The number of urea groups is 1. The molecule has 3 rings (SSSR count). The van der Waals surface area contributed by atoms with Gasteiger partial charge < -0.3 is 19.5 Å². The van der Waals surface area contributed by atoms with Crippen LogP contribution in [0, 0.1) is 6.92 Å². The van der Waals surface area contributed by atoms with Crippen LogP contribution in [0.3, 0.4) is 0 Å². The van der Waals surface area contributed by atoms with Crippen LogP contribution in [0.4, 0.5) is 10.5 Å². The van der Waals surface area contributed by atoms with Crippen LogP contribution >= 0.6 is 0 Å². The van der Waals surface area contributed by atoms with E-state index in [1.165, 1.54) is 0 Å². The summed E-state index contributed by atoms with van der Waals surface area (Å²) in [6, 6.07) is 5.65. The molecule has 1 aliphatic heterocycles. The number of ether oxygens (including phenoxy) is 1. The molecule has 1 N–H and O–H groups in total. The average molecular weight is 343 g/mol. The highest BCUT2D eigenvalue weighted by molar-refractivity contribution is 5.91. The van der Waals surface area contributed by atoms with Crippen molar-refractivity contribution in [1.82, 2.24) is 19.7 Å². The molecular weight excluding hydrogens is 318 g/mol. The van der Waals surface area contributed by atoms with Crippen LogP contribution in [0.5, 0.6) is 5.75 Å². The summed E-state index contributed by atoms with van der Waals surface area (Å²) < 4.78 is 7.66. The molecule has 7 heteroatoms. The fourth-order valence-electron chi connectivity index (χ4n) is 3.12. The molecule has 0 saturated carbocycles. The normalized spacial score (nSPS) is 16.9. The first-order chi connectivity index (χ1) is 12.1. The van der Waals surface area contributed by atoms with E-state index in [1.54, 1.807) is 6.33 Å². The zero-order valence-corrected chi connectivity index (χ0v) is 15.0. The Labute approximate surface area is 148 Å². The Morgan fingerprint density at radius 3 is 3.00 bits per heavy atom. The van der Waals surface area contributed by atoms with Crippen LogP contribution in [0.15, 0.2) is 24.5 Å². The number of likely N-dealkylation sites (tertiary alicyclic amines) is 1. The van der Waals surface area contributed by atoms with Crippen molar-refractivity contribution in [3.63, 3.8) is 0 Å². The summed E-state index contributed by atoms with van der Waals surface area (Å²) in [5.74, 6) is 1.53. The maximum absolute atomic E-state index is 12.8. The number of hydrogen-bond acceptors (Lipinski definition) is 4. The Hall–Kier alpha value is -2.57. The van der Waals surface area contributed by atoms with E-state index in [2.05, 4.69) is 22.4 Å². The highest BCUT2D eigenvalue weighted by Crippen LogP contribution is 2.32. The lowest BCUT2D eigenvalue weighted by Gasteiger charge is -2.24. The highest BCUT2D eigenvalue weighted by atomic mass is 16.5. The van der Waals surface area contributed by atoms with Crippen molar-refractivity contribution < 1.29 is 9.53 Å². The minimum atomic E-state index is -0.129. The average Bonchev–Trinajstić information content (AvgIpc) is 3.23. The maximum atomic E-state index is 12.8. The number of nitrogens with zero attached hydrogens (tertiary/aromatic N) is 4. The van der Waals surface area contributed by atoms with Crippen LogP contribution in [0.1, 0.15) is 43.6 Å². The topological polar surface area (TPSA) is 72.3 Å². The fraction of sp³-hybridized carbons (Fsp3) is 0.500. The van der Waals surface area contributed by atoms with Gasteiger partial charge in [0.15, 0.2) is 5.82 Å². The molecule has 0 aliphatic carbocycles. The van der Waals surface area contributed by atoms with Crippen LogP contribution < -0.4 is 10.1 Å². The molecule has 2 heterocycles. The van der Waals surface area contributed by atoms with Crippen molar-refractivity contribution in [3.8, 4) is 5.75 Å². The predicted molar refractivity (Wildman–Crippen MR) is 95.7 cm³/mol. The van der Waals surface area contributed by atoms with Crippen molar-refractivity contribution in [2.24, 2.45) is 7.05 Å². The third-order valence-electron chi connectivity index (χ3n) is 4.40. The van der Waals surface area contributed by atoms with E-state index >= 15 is 0 Å². The Bertz CT molecular complexity index is 743. The molecule has 0 bridgehead atoms. The molecule has 7 nitrogen and oxygen atoms in total. The molecule has 0 spiro atoms. The van der Waals surface area contributed by atoms with E-state index in [9.17, 15) is 4.79 Å². The maximum Gasteiger partial charge on any atom is 0.322 e. The van der Waals surface area contributed by atoms with Crippen LogP contribution in [-0.4, -0.2) is 38.8 Å². The van der Waals surface area contributed by atoms with Gasteiger partial charge in [0.25, 0.3) is 0 Å². The number of benzene rings is 1. The van der Waals surface area contributed by atoms with E-state index < -0.39 is 0 Å². The highest BCUT2D eigenvalue weighted by Gasteiger charge is 2.33. The second-order valence-electron chi connectivity index (χ2n) is 6.43. The van der Waals surface area contributed by atoms with Crippen LogP contribution in [0.25, 0.3) is 0 Å². The first-order valence-electron chi connectivity index (χ1n) is 8.75. The number of nitrogens with one attached hydrogen (secondary N) is 1. The van der Waals surface area contributed by atoms with Gasteiger partial charge in [0, 0.05) is 13.6 Å². The number of aromatic nitrogens is 3. The first kappa shape index (κ1) is 17.3. The van der Waals surface area contributed by atoms with Crippen molar-refractivity contribution >= 4 is 11.7 Å². The predicted octanol–water partition coefficient (Wildman–Crippen LogP) is 3.28. The summed E-state index contributed by atoms with van der Waals surface area (Å²) in [4.78, 5) is 14.7. The number of carbonyl (C=O) groups is 1. The Morgan fingerprint density at radius 1 is 1.44 bits per heavy atom. The minimum Gasteiger partial charge on any atom is -0.491 e. The van der Waals surface area contributed by atoms with Gasteiger partial charge in [-0.25, -0.2) is 4.79 Å². The molecule has 2 amide bonds. The number of carbonyl (C=O) groups excluding carboxylic acids is 1. The van der Waals surface area contributed by atoms with Gasteiger partial charge in [-0.2, -0.15) is 0 Å². The summed E-state index contributed by atoms with van der Waals surface area (Å²) in [7, 11) is 1.90. The molecule has 134 valence electrons. The number of amides is 2. The lowest BCUT2D eigenvalue weighted by atomic mass is 10.2. The molecule has 1 aromatic carbocycles. The van der Waals surface area contributed by atoms with E-state index in [0.29, 0.717) is 24.6 Å². The monoisotopic (exact) mass is 343 g/mol. The van der Waals surface area contributed by atoms with E-state index in [4.69, 9.17) is 4.74 Å². The molecule has 1 aromatic heterocycles. The second-order valence-corrected chi connectivity index (χ2v) is 6.43. The molecule has 2 aromatic rings. The van der Waals surface area contributed by atoms with Gasteiger partial charge in [-0.15, -0.1) is 10.2 Å². The van der Waals surface area contributed by atoms with E-state index in [1.807, 2.05) is 41.6 Å². The smallest absolute Gasteiger partial charge is 0.322 e. The minimum absolute atomic E-state index is 0.0436. The lowest BCUT2D eigenvalue weighted by Crippen LogP contribution is -2.35. The zero-order valence-electron chi connectivity index (χ0n) is 15.0. The Balaban J connectivity index is 1.77. The van der Waals surface area contributed by atoms with Gasteiger partial charge in [-0.1, -0.05) is 13.0 Å². The standard InChI is InChI=1S/C18H25N5O2/c1-4-10-25-16-11-13(2)7-8-14(16)20-18(24)23-9-5-6-15(23)17-21-19-12-22(17)3/h7-8,11-12,15H,4-6,9-10H2,1-3H3,(H,20,24). The van der Waals surface area contributed by atoms with Gasteiger partial charge in [0.2, 0.25) is 0 Å².